The number of allylic oxidation sites excluding steroid dienone is 2. The van der Waals surface area contributed by atoms with Crippen molar-refractivity contribution in [3.63, 3.8) is 0 Å². The Labute approximate surface area is 91.6 Å². The molecule has 15 heavy (non-hydrogen) atoms. The summed E-state index contributed by atoms with van der Waals surface area (Å²) in [5.41, 5.74) is 8.38. The Morgan fingerprint density at radius 3 is 2.73 bits per heavy atom. The molecule has 2 amide bonds. The first-order valence-corrected chi connectivity index (χ1v) is 5.22. The zero-order chi connectivity index (χ0) is 11.7. The molecule has 0 radical (unpaired) electrons. The van der Waals surface area contributed by atoms with Gasteiger partial charge in [-0.3, -0.25) is 0 Å². The summed E-state index contributed by atoms with van der Waals surface area (Å²) in [4.78, 5) is 10.3. The average molecular weight is 211 g/mol. The van der Waals surface area contributed by atoms with Crippen LogP contribution in [0.2, 0.25) is 0 Å². The van der Waals surface area contributed by atoms with Crippen LogP contribution in [-0.2, 0) is 0 Å². The number of carbonyl (C=O) groups excluding carboxylic acids is 1. The van der Waals surface area contributed by atoms with Crippen LogP contribution in [0.5, 0.6) is 0 Å². The van der Waals surface area contributed by atoms with Crippen LogP contribution in [-0.4, -0.2) is 12.2 Å². The van der Waals surface area contributed by atoms with Crippen molar-refractivity contribution < 1.29 is 4.79 Å². The minimum Gasteiger partial charge on any atom is -0.350 e. The lowest BCUT2D eigenvalue weighted by Crippen LogP contribution is -2.24. The standard InChI is InChI=1S/C11H21N3O/c1-9(2)5-4-6-10(3)7-8-13-14-11(12)15/h5,8,10H,4,6-7H2,1-3H3,(H3,12,14,15). The molecule has 1 atom stereocenters. The number of rotatable bonds is 6. The Morgan fingerprint density at radius 2 is 2.20 bits per heavy atom. The Morgan fingerprint density at radius 1 is 1.53 bits per heavy atom. The van der Waals surface area contributed by atoms with Gasteiger partial charge in [-0.25, -0.2) is 10.2 Å². The molecule has 86 valence electrons. The maximum Gasteiger partial charge on any atom is 0.332 e. The van der Waals surface area contributed by atoms with Crippen molar-refractivity contribution in [3.05, 3.63) is 11.6 Å². The highest BCUT2D eigenvalue weighted by atomic mass is 16.2. The molecule has 3 N–H and O–H groups in total. The molecule has 0 rings (SSSR count). The fourth-order valence-corrected chi connectivity index (χ4v) is 1.12. The van der Waals surface area contributed by atoms with Crippen molar-refractivity contribution in [1.29, 1.82) is 0 Å². The second kappa shape index (κ2) is 8.03. The average Bonchev–Trinajstić information content (AvgIpc) is 2.11. The Hall–Kier alpha value is -1.32. The van der Waals surface area contributed by atoms with Gasteiger partial charge in [-0.1, -0.05) is 18.6 Å². The first-order valence-electron chi connectivity index (χ1n) is 5.22. The maximum atomic E-state index is 10.3. The number of hydrogen-bond acceptors (Lipinski definition) is 2. The van der Waals surface area contributed by atoms with E-state index >= 15 is 0 Å². The van der Waals surface area contributed by atoms with E-state index in [0.717, 1.165) is 19.3 Å². The number of hydrazone groups is 1. The molecule has 0 aromatic carbocycles. The van der Waals surface area contributed by atoms with Crippen LogP contribution in [0.15, 0.2) is 16.8 Å². The fraction of sp³-hybridized carbons (Fsp3) is 0.636. The summed E-state index contributed by atoms with van der Waals surface area (Å²) in [6.45, 7) is 6.36. The smallest absolute Gasteiger partial charge is 0.332 e. The Kier molecular flexibility index (Phi) is 7.32. The van der Waals surface area contributed by atoms with E-state index in [1.807, 2.05) is 0 Å². The molecule has 0 bridgehead atoms. The van der Waals surface area contributed by atoms with E-state index in [-0.39, 0.29) is 0 Å². The summed E-state index contributed by atoms with van der Waals surface area (Å²) in [6, 6.07) is -0.622. The molecular formula is C11H21N3O. The molecule has 0 saturated heterocycles. The van der Waals surface area contributed by atoms with Crippen LogP contribution in [0.25, 0.3) is 0 Å². The Balaban J connectivity index is 3.57. The second-order valence-electron chi connectivity index (χ2n) is 3.99. The first-order chi connectivity index (χ1) is 7.02. The zero-order valence-electron chi connectivity index (χ0n) is 9.79. The third kappa shape index (κ3) is 10.6. The van der Waals surface area contributed by atoms with Gasteiger partial charge in [0, 0.05) is 6.21 Å². The van der Waals surface area contributed by atoms with Gasteiger partial charge in [0.1, 0.15) is 0 Å². The highest BCUT2D eigenvalue weighted by Crippen LogP contribution is 2.10. The van der Waals surface area contributed by atoms with Gasteiger partial charge in [0.25, 0.3) is 0 Å². The van der Waals surface area contributed by atoms with Gasteiger partial charge in [0.05, 0.1) is 0 Å². The molecule has 0 heterocycles. The molecule has 0 spiro atoms. The SMILES string of the molecule is CC(C)=CCCC(C)CC=NNC(N)=O. The molecular weight excluding hydrogens is 190 g/mol. The largest absolute Gasteiger partial charge is 0.350 e. The fourth-order valence-electron chi connectivity index (χ4n) is 1.12. The van der Waals surface area contributed by atoms with E-state index in [0.29, 0.717) is 5.92 Å². The van der Waals surface area contributed by atoms with Gasteiger partial charge in [-0.15, -0.1) is 0 Å². The summed E-state index contributed by atoms with van der Waals surface area (Å²) in [6.07, 6.45) is 7.01. The summed E-state index contributed by atoms with van der Waals surface area (Å²) < 4.78 is 0. The zero-order valence-corrected chi connectivity index (χ0v) is 9.79. The van der Waals surface area contributed by atoms with Gasteiger partial charge < -0.3 is 5.73 Å². The number of nitrogens with two attached hydrogens (primary N) is 1. The van der Waals surface area contributed by atoms with Crippen molar-refractivity contribution in [2.24, 2.45) is 16.8 Å². The highest BCUT2D eigenvalue weighted by Gasteiger charge is 1.98. The summed E-state index contributed by atoms with van der Waals surface area (Å²) in [5, 5.41) is 3.69. The number of primary amides is 1. The monoisotopic (exact) mass is 211 g/mol. The third-order valence-electron chi connectivity index (χ3n) is 1.99. The normalized spacial score (nSPS) is 12.5. The van der Waals surface area contributed by atoms with Crippen LogP contribution < -0.4 is 11.2 Å². The Bertz CT molecular complexity index is 242. The van der Waals surface area contributed by atoms with Gasteiger partial charge in [0.15, 0.2) is 0 Å². The third-order valence-corrected chi connectivity index (χ3v) is 1.99. The van der Waals surface area contributed by atoms with E-state index in [4.69, 9.17) is 5.73 Å². The molecule has 0 saturated carbocycles. The van der Waals surface area contributed by atoms with Crippen LogP contribution in [0.3, 0.4) is 0 Å². The van der Waals surface area contributed by atoms with Crippen molar-refractivity contribution in [2.75, 3.05) is 0 Å². The van der Waals surface area contributed by atoms with E-state index in [9.17, 15) is 4.79 Å². The molecule has 1 unspecified atom stereocenters. The molecule has 0 aromatic heterocycles. The van der Waals surface area contributed by atoms with Crippen molar-refractivity contribution in [3.8, 4) is 0 Å². The van der Waals surface area contributed by atoms with Gasteiger partial charge >= 0.3 is 6.03 Å². The summed E-state index contributed by atoms with van der Waals surface area (Å²) in [5.74, 6) is 0.569. The molecule has 0 aliphatic heterocycles. The van der Waals surface area contributed by atoms with Crippen molar-refractivity contribution in [1.82, 2.24) is 5.43 Å². The van der Waals surface area contributed by atoms with Crippen molar-refractivity contribution in [2.45, 2.75) is 40.0 Å². The van der Waals surface area contributed by atoms with Crippen LogP contribution in [0.1, 0.15) is 40.0 Å². The molecule has 0 aliphatic carbocycles. The highest BCUT2D eigenvalue weighted by molar-refractivity contribution is 5.72. The molecule has 4 nitrogen and oxygen atoms in total. The van der Waals surface area contributed by atoms with E-state index in [1.165, 1.54) is 5.57 Å². The van der Waals surface area contributed by atoms with Crippen LogP contribution in [0.4, 0.5) is 4.79 Å². The molecule has 0 aromatic rings. The summed E-state index contributed by atoms with van der Waals surface area (Å²) in [7, 11) is 0. The topological polar surface area (TPSA) is 67.5 Å². The van der Waals surface area contributed by atoms with Crippen LogP contribution >= 0.6 is 0 Å². The number of carbonyl (C=O) groups is 1. The van der Waals surface area contributed by atoms with Crippen LogP contribution in [0, 0.1) is 5.92 Å². The number of nitrogens with one attached hydrogen (secondary N) is 1. The lowest BCUT2D eigenvalue weighted by Gasteiger charge is -2.05. The molecule has 4 heteroatoms. The second-order valence-corrected chi connectivity index (χ2v) is 3.99. The number of nitrogens with zero attached hydrogens (tertiary/aromatic N) is 1. The van der Waals surface area contributed by atoms with E-state index in [1.54, 1.807) is 6.21 Å². The predicted octanol–water partition coefficient (Wildman–Crippen LogP) is 2.41. The molecule has 0 fully saturated rings. The summed E-state index contributed by atoms with van der Waals surface area (Å²) >= 11 is 0. The minimum absolute atomic E-state index is 0.569. The quantitative estimate of drug-likeness (QED) is 0.395. The van der Waals surface area contributed by atoms with Gasteiger partial charge in [-0.2, -0.15) is 5.10 Å². The molecule has 0 aliphatic rings. The van der Waals surface area contributed by atoms with E-state index < -0.39 is 6.03 Å². The van der Waals surface area contributed by atoms with Gasteiger partial charge in [0.2, 0.25) is 0 Å². The lowest BCUT2D eigenvalue weighted by atomic mass is 10.0. The first kappa shape index (κ1) is 13.7. The number of amides is 2. The number of hydrogen-bond donors (Lipinski definition) is 2. The lowest BCUT2D eigenvalue weighted by molar-refractivity contribution is 0.249. The van der Waals surface area contributed by atoms with Crippen molar-refractivity contribution >= 4 is 12.2 Å². The predicted molar refractivity (Wildman–Crippen MR) is 63.7 cm³/mol. The van der Waals surface area contributed by atoms with Gasteiger partial charge in [-0.05, 0) is 39.0 Å². The number of urea groups is 1. The van der Waals surface area contributed by atoms with E-state index in [2.05, 4.69) is 37.4 Å². The maximum absolute atomic E-state index is 10.3. The minimum atomic E-state index is -0.622.